The molecule has 0 aliphatic rings. The first-order valence-corrected chi connectivity index (χ1v) is 11.7. The molecule has 0 radical (unpaired) electrons. The Bertz CT molecular complexity index is 716. The second-order valence-electron chi connectivity index (χ2n) is 5.21. The Hall–Kier alpha value is -0.439. The molecule has 0 N–H and O–H groups in total. The van der Waals surface area contributed by atoms with Gasteiger partial charge in [-0.3, -0.25) is 0 Å². The molecular formula is C18H19Cl2SiTi-. The summed E-state index contributed by atoms with van der Waals surface area (Å²) in [4.78, 5) is 0. The maximum Gasteiger partial charge on any atom is -0.0279 e. The van der Waals surface area contributed by atoms with Crippen LogP contribution in [-0.4, -0.2) is 6.19 Å². The van der Waals surface area contributed by atoms with Gasteiger partial charge in [0.05, 0.1) is 0 Å². The van der Waals surface area contributed by atoms with Gasteiger partial charge in [-0.05, 0) is 5.56 Å². The zero-order valence-corrected chi connectivity index (χ0v) is 17.1. The normalized spacial score (nSPS) is 9.14. The van der Waals surface area contributed by atoms with Gasteiger partial charge in [-0.15, -0.1) is 34.5 Å². The van der Waals surface area contributed by atoms with E-state index >= 15 is 0 Å². The molecule has 0 heterocycles. The van der Waals surface area contributed by atoms with Crippen molar-refractivity contribution in [2.75, 3.05) is 0 Å². The van der Waals surface area contributed by atoms with E-state index in [1.165, 1.54) is 27.5 Å². The number of benzene rings is 2. The fourth-order valence-electron chi connectivity index (χ4n) is 2.25. The van der Waals surface area contributed by atoms with Crippen LogP contribution in [0.4, 0.5) is 0 Å². The minimum atomic E-state index is 0. The van der Waals surface area contributed by atoms with Crippen LogP contribution in [0.15, 0.2) is 60.7 Å². The average molecular weight is 382 g/mol. The van der Waals surface area contributed by atoms with Crippen molar-refractivity contribution in [3.05, 3.63) is 66.2 Å². The van der Waals surface area contributed by atoms with E-state index in [2.05, 4.69) is 99.9 Å². The molecule has 0 aromatic heterocycles. The second kappa shape index (κ2) is 10.4. The molecule has 22 heavy (non-hydrogen) atoms. The van der Waals surface area contributed by atoms with Crippen molar-refractivity contribution < 1.29 is 44.0 Å². The average Bonchev–Trinajstić information content (AvgIpc) is 2.79. The smallest absolute Gasteiger partial charge is 0.0279 e. The third-order valence-electron chi connectivity index (χ3n) is 2.98. The SMILES string of the molecule is C[Si](C)=[Ti+2].Cc1cc2c(-c3ccccc3)cccc2[cH-]1.[Cl-].[Cl-]. The molecule has 0 spiro atoms. The third-order valence-corrected chi connectivity index (χ3v) is 2.98. The van der Waals surface area contributed by atoms with Gasteiger partial charge in [0.1, 0.15) is 0 Å². The van der Waals surface area contributed by atoms with E-state index in [0.29, 0.717) is 0 Å². The first-order valence-electron chi connectivity index (χ1n) is 6.81. The molecule has 0 amide bonds. The summed E-state index contributed by atoms with van der Waals surface area (Å²) in [6, 6.07) is 21.6. The number of halogens is 2. The maximum atomic E-state index is 2.27. The van der Waals surface area contributed by atoms with Gasteiger partial charge in [0, 0.05) is 0 Å². The first-order chi connectivity index (χ1) is 9.58. The molecule has 3 rings (SSSR count). The summed E-state index contributed by atoms with van der Waals surface area (Å²) < 4.78 is 0. The molecule has 0 aliphatic heterocycles. The van der Waals surface area contributed by atoms with Crippen molar-refractivity contribution in [1.82, 2.24) is 0 Å². The fourth-order valence-corrected chi connectivity index (χ4v) is 2.25. The Kier molecular flexibility index (Phi) is 10.2. The van der Waals surface area contributed by atoms with E-state index < -0.39 is 0 Å². The monoisotopic (exact) mass is 381 g/mol. The molecule has 0 fully saturated rings. The predicted molar refractivity (Wildman–Crippen MR) is 87.2 cm³/mol. The molecule has 0 atom stereocenters. The van der Waals surface area contributed by atoms with Crippen LogP contribution in [-0.2, 0) is 19.2 Å². The molecular weight excluding hydrogens is 363 g/mol. The van der Waals surface area contributed by atoms with Crippen molar-refractivity contribution in [2.45, 2.75) is 20.0 Å². The Morgan fingerprint density at radius 2 is 1.50 bits per heavy atom. The molecule has 0 bridgehead atoms. The van der Waals surface area contributed by atoms with E-state index in [1.54, 1.807) is 0 Å². The Labute approximate surface area is 157 Å². The van der Waals surface area contributed by atoms with Crippen LogP contribution in [0.1, 0.15) is 5.56 Å². The van der Waals surface area contributed by atoms with Crippen molar-refractivity contribution in [2.24, 2.45) is 0 Å². The van der Waals surface area contributed by atoms with Crippen molar-refractivity contribution >= 4 is 17.0 Å². The summed E-state index contributed by atoms with van der Waals surface area (Å²) in [5.41, 5.74) is 3.95. The van der Waals surface area contributed by atoms with Crippen LogP contribution >= 0.6 is 0 Å². The zero-order valence-electron chi connectivity index (χ0n) is 13.0. The molecule has 114 valence electrons. The Morgan fingerprint density at radius 1 is 0.909 bits per heavy atom. The summed E-state index contributed by atoms with van der Waals surface area (Å²) in [7, 11) is 0. The summed E-state index contributed by atoms with van der Waals surface area (Å²) in [6.45, 7) is 6.68. The van der Waals surface area contributed by atoms with Crippen molar-refractivity contribution in [1.29, 1.82) is 0 Å². The topological polar surface area (TPSA) is 0 Å². The number of fused-ring (bicyclic) bond motifs is 1. The molecule has 3 aromatic rings. The van der Waals surface area contributed by atoms with Gasteiger partial charge in [0.2, 0.25) is 0 Å². The summed E-state index contributed by atoms with van der Waals surface area (Å²) >= 11 is 2.27. The summed E-state index contributed by atoms with van der Waals surface area (Å²) in [6.07, 6.45) is 0.120. The van der Waals surface area contributed by atoms with Crippen LogP contribution < -0.4 is 24.8 Å². The van der Waals surface area contributed by atoms with Gasteiger partial charge in [0.15, 0.2) is 0 Å². The second-order valence-corrected chi connectivity index (χ2v) is 11.9. The Balaban J connectivity index is 0.000000665. The molecule has 0 saturated heterocycles. The number of hydrogen-bond acceptors (Lipinski definition) is 0. The molecule has 0 unspecified atom stereocenters. The maximum absolute atomic E-state index is 2.27. The third kappa shape index (κ3) is 5.98. The van der Waals surface area contributed by atoms with Crippen LogP contribution in [0, 0.1) is 6.92 Å². The molecule has 0 nitrogen and oxygen atoms in total. The predicted octanol–water partition coefficient (Wildman–Crippen LogP) is -0.674. The largest absolute Gasteiger partial charge is 1.00 e. The van der Waals surface area contributed by atoms with Crippen LogP contribution in [0.2, 0.25) is 13.1 Å². The number of hydrogen-bond donors (Lipinski definition) is 0. The summed E-state index contributed by atoms with van der Waals surface area (Å²) in [5, 5.41) is 2.69. The molecule has 3 aromatic carbocycles. The standard InChI is InChI=1S/C16H13.C2H6Si.2ClH.Ti/c1-12-10-14-8-5-9-15(16(14)11-12)13-6-3-2-4-7-13;1-3-2;;;/h2-11H,1H3;1-2H3;2*1H;/q-1;;;;+2/p-2. The zero-order chi connectivity index (χ0) is 14.5. The molecule has 4 heteroatoms. The van der Waals surface area contributed by atoms with E-state index in [1.807, 2.05) is 0 Å². The van der Waals surface area contributed by atoms with Gasteiger partial charge in [0.25, 0.3) is 0 Å². The van der Waals surface area contributed by atoms with Crippen molar-refractivity contribution in [3.8, 4) is 11.1 Å². The van der Waals surface area contributed by atoms with Gasteiger partial charge < -0.3 is 24.8 Å². The van der Waals surface area contributed by atoms with Crippen LogP contribution in [0.5, 0.6) is 0 Å². The van der Waals surface area contributed by atoms with Crippen molar-refractivity contribution in [3.63, 3.8) is 0 Å². The van der Waals surface area contributed by atoms with Gasteiger partial charge in [-0.1, -0.05) is 48.9 Å². The first kappa shape index (κ1) is 21.6. The Morgan fingerprint density at radius 3 is 2.09 bits per heavy atom. The minimum Gasteiger partial charge on any atom is -1.00 e. The van der Waals surface area contributed by atoms with E-state index in [4.69, 9.17) is 0 Å². The quantitative estimate of drug-likeness (QED) is 0.387. The van der Waals surface area contributed by atoms with Gasteiger partial charge in [-0.2, -0.15) is 6.07 Å². The van der Waals surface area contributed by atoms with Gasteiger partial charge in [-0.25, -0.2) is 0 Å². The number of rotatable bonds is 1. The van der Waals surface area contributed by atoms with Gasteiger partial charge >= 0.3 is 38.5 Å². The fraction of sp³-hybridized carbons (Fsp3) is 0.167. The van der Waals surface area contributed by atoms with E-state index in [0.717, 1.165) is 0 Å². The van der Waals surface area contributed by atoms with E-state index in [9.17, 15) is 0 Å². The molecule has 0 aliphatic carbocycles. The van der Waals surface area contributed by atoms with Crippen LogP contribution in [0.25, 0.3) is 21.9 Å². The summed E-state index contributed by atoms with van der Waals surface area (Å²) in [5.74, 6) is 0. The minimum absolute atomic E-state index is 0. The number of aryl methyl sites for hydroxylation is 1. The molecule has 0 saturated carbocycles. The van der Waals surface area contributed by atoms with E-state index in [-0.39, 0.29) is 31.0 Å². The van der Waals surface area contributed by atoms with Crippen LogP contribution in [0.3, 0.4) is 0 Å².